The first kappa shape index (κ1) is 36.3. The highest BCUT2D eigenvalue weighted by atomic mass is 28.4. The molecular weight excluding hydrogens is 496 g/mol. The van der Waals surface area contributed by atoms with Crippen LogP contribution in [0.15, 0.2) is 30.3 Å². The summed E-state index contributed by atoms with van der Waals surface area (Å²) in [6, 6.07) is 10.5. The summed E-state index contributed by atoms with van der Waals surface area (Å²) in [6.45, 7) is 17.9. The molecule has 1 aromatic carbocycles. The predicted octanol–water partition coefficient (Wildman–Crippen LogP) is 11.4. The van der Waals surface area contributed by atoms with E-state index < -0.39 is 8.32 Å². The van der Waals surface area contributed by atoms with Gasteiger partial charge in [-0.05, 0) is 37.0 Å². The van der Waals surface area contributed by atoms with Crippen LogP contribution in [-0.4, -0.2) is 34.2 Å². The summed E-state index contributed by atoms with van der Waals surface area (Å²) in [5.74, 6) is 0. The summed E-state index contributed by atoms with van der Waals surface area (Å²) in [5.41, 5.74) is 1.20. The molecule has 1 aromatic rings. The maximum Gasteiger partial charge on any atom is 0.192 e. The van der Waals surface area contributed by atoms with Crippen LogP contribution in [0.5, 0.6) is 0 Å². The summed E-state index contributed by atoms with van der Waals surface area (Å²) < 4.78 is 19.1. The van der Waals surface area contributed by atoms with Gasteiger partial charge in [-0.25, -0.2) is 0 Å². The van der Waals surface area contributed by atoms with Gasteiger partial charge in [-0.2, -0.15) is 0 Å². The standard InChI is InChI=1S/C35H66O3Si/c1-8-9-10-11-12-13-14-15-16-17-18-19-20-21-22-26-29-36-30-34(31-37-39(6,7)35(3,4)5)38-32(2)33-27-24-23-25-28-33/h23-25,27-28,32,34H,8-22,26,29-31H2,1-7H3/t32?,34-/m1/s1. The van der Waals surface area contributed by atoms with Gasteiger partial charge in [0.25, 0.3) is 0 Å². The van der Waals surface area contributed by atoms with E-state index in [4.69, 9.17) is 13.9 Å². The maximum absolute atomic E-state index is 6.51. The summed E-state index contributed by atoms with van der Waals surface area (Å²) in [6.07, 6.45) is 22.2. The second-order valence-corrected chi connectivity index (χ2v) is 18.1. The van der Waals surface area contributed by atoms with Crippen molar-refractivity contribution in [1.29, 1.82) is 0 Å². The SMILES string of the molecule is CCCCCCCCCCCCCCCCCCOC[C@H](CO[Si](C)(C)C(C)(C)C)OC(C)c1ccccc1. The molecule has 1 unspecified atom stereocenters. The zero-order valence-corrected chi connectivity index (χ0v) is 28.2. The third kappa shape index (κ3) is 18.4. The van der Waals surface area contributed by atoms with Crippen molar-refractivity contribution in [2.75, 3.05) is 19.8 Å². The van der Waals surface area contributed by atoms with E-state index in [-0.39, 0.29) is 17.2 Å². The minimum atomic E-state index is -1.83. The first-order valence-electron chi connectivity index (χ1n) is 16.6. The first-order valence-corrected chi connectivity index (χ1v) is 19.5. The van der Waals surface area contributed by atoms with Crippen LogP contribution >= 0.6 is 0 Å². The Morgan fingerprint density at radius 2 is 1.13 bits per heavy atom. The van der Waals surface area contributed by atoms with Crippen molar-refractivity contribution >= 4 is 8.32 Å². The molecule has 39 heavy (non-hydrogen) atoms. The topological polar surface area (TPSA) is 27.7 Å². The van der Waals surface area contributed by atoms with Crippen LogP contribution in [0.25, 0.3) is 0 Å². The van der Waals surface area contributed by atoms with E-state index in [1.165, 1.54) is 102 Å². The minimum absolute atomic E-state index is 0.0263. The second-order valence-electron chi connectivity index (χ2n) is 13.3. The Bertz CT molecular complexity index is 670. The molecule has 0 fully saturated rings. The quantitative estimate of drug-likeness (QED) is 0.0876. The van der Waals surface area contributed by atoms with Crippen molar-refractivity contribution in [3.05, 3.63) is 35.9 Å². The normalized spacial score (nSPS) is 14.0. The van der Waals surface area contributed by atoms with E-state index in [0.717, 1.165) is 13.0 Å². The molecule has 0 radical (unpaired) electrons. The molecule has 0 aliphatic heterocycles. The fourth-order valence-corrected chi connectivity index (χ4v) is 5.74. The Morgan fingerprint density at radius 1 is 0.667 bits per heavy atom. The number of hydrogen-bond acceptors (Lipinski definition) is 3. The molecule has 0 aliphatic carbocycles. The highest BCUT2D eigenvalue weighted by Gasteiger charge is 2.37. The van der Waals surface area contributed by atoms with E-state index in [1.54, 1.807) is 0 Å². The van der Waals surface area contributed by atoms with Crippen LogP contribution in [-0.2, 0) is 13.9 Å². The molecule has 1 rings (SSSR count). The van der Waals surface area contributed by atoms with Crippen LogP contribution in [0.4, 0.5) is 0 Å². The van der Waals surface area contributed by atoms with E-state index in [0.29, 0.717) is 13.2 Å². The van der Waals surface area contributed by atoms with Crippen molar-refractivity contribution in [3.8, 4) is 0 Å². The number of rotatable bonds is 25. The Kier molecular flexibility index (Phi) is 20.5. The number of benzene rings is 1. The largest absolute Gasteiger partial charge is 0.414 e. The molecule has 0 aliphatic rings. The van der Waals surface area contributed by atoms with Gasteiger partial charge in [0, 0.05) is 6.61 Å². The average Bonchev–Trinajstić information content (AvgIpc) is 2.90. The van der Waals surface area contributed by atoms with Crippen LogP contribution in [0, 0.1) is 0 Å². The van der Waals surface area contributed by atoms with Gasteiger partial charge in [-0.1, -0.05) is 154 Å². The molecule has 0 aromatic heterocycles. The minimum Gasteiger partial charge on any atom is -0.414 e. The first-order chi connectivity index (χ1) is 18.7. The Labute approximate surface area is 245 Å². The van der Waals surface area contributed by atoms with E-state index in [9.17, 15) is 0 Å². The maximum atomic E-state index is 6.51. The molecule has 2 atom stereocenters. The lowest BCUT2D eigenvalue weighted by atomic mass is 10.0. The van der Waals surface area contributed by atoms with Gasteiger partial charge in [0.1, 0.15) is 6.10 Å². The van der Waals surface area contributed by atoms with Crippen molar-refractivity contribution in [3.63, 3.8) is 0 Å². The zero-order valence-electron chi connectivity index (χ0n) is 27.2. The smallest absolute Gasteiger partial charge is 0.192 e. The molecule has 3 nitrogen and oxygen atoms in total. The summed E-state index contributed by atoms with van der Waals surface area (Å²) >= 11 is 0. The van der Waals surface area contributed by atoms with Crippen molar-refractivity contribution < 1.29 is 13.9 Å². The van der Waals surface area contributed by atoms with Gasteiger partial charge in [0.05, 0.1) is 19.3 Å². The van der Waals surface area contributed by atoms with Gasteiger partial charge >= 0.3 is 0 Å². The van der Waals surface area contributed by atoms with Crippen molar-refractivity contribution in [2.24, 2.45) is 0 Å². The Morgan fingerprint density at radius 3 is 1.59 bits per heavy atom. The summed E-state index contributed by atoms with van der Waals surface area (Å²) in [4.78, 5) is 0. The molecule has 0 amide bonds. The van der Waals surface area contributed by atoms with Crippen molar-refractivity contribution in [1.82, 2.24) is 0 Å². The van der Waals surface area contributed by atoms with Gasteiger partial charge in [-0.3, -0.25) is 0 Å². The summed E-state index contributed by atoms with van der Waals surface area (Å²) in [7, 11) is -1.83. The van der Waals surface area contributed by atoms with E-state index >= 15 is 0 Å². The number of hydrogen-bond donors (Lipinski definition) is 0. The van der Waals surface area contributed by atoms with Crippen LogP contribution in [0.3, 0.4) is 0 Å². The lowest BCUT2D eigenvalue weighted by molar-refractivity contribution is -0.0720. The molecule has 0 N–H and O–H groups in total. The van der Waals surface area contributed by atoms with Gasteiger partial charge in [-0.15, -0.1) is 0 Å². The van der Waals surface area contributed by atoms with Crippen LogP contribution < -0.4 is 0 Å². The third-order valence-corrected chi connectivity index (χ3v) is 13.0. The van der Waals surface area contributed by atoms with Crippen LogP contribution in [0.2, 0.25) is 18.1 Å². The highest BCUT2D eigenvalue weighted by Crippen LogP contribution is 2.36. The Hall–Kier alpha value is -0.683. The molecular formula is C35H66O3Si. The highest BCUT2D eigenvalue weighted by molar-refractivity contribution is 6.74. The third-order valence-electron chi connectivity index (χ3n) is 8.55. The molecule has 0 heterocycles. The van der Waals surface area contributed by atoms with Gasteiger partial charge < -0.3 is 13.9 Å². The lowest BCUT2D eigenvalue weighted by Crippen LogP contribution is -2.43. The van der Waals surface area contributed by atoms with Gasteiger partial charge in [0.15, 0.2) is 8.32 Å². The molecule has 228 valence electrons. The van der Waals surface area contributed by atoms with Gasteiger partial charge in [0.2, 0.25) is 0 Å². The second kappa shape index (κ2) is 22.0. The van der Waals surface area contributed by atoms with E-state index in [2.05, 4.69) is 78.0 Å². The molecule has 0 spiro atoms. The molecule has 0 saturated heterocycles. The van der Waals surface area contributed by atoms with E-state index in [1.807, 2.05) is 0 Å². The fourth-order valence-electron chi connectivity index (χ4n) is 4.70. The van der Waals surface area contributed by atoms with Crippen LogP contribution in [0.1, 0.15) is 149 Å². The number of ether oxygens (including phenoxy) is 2. The van der Waals surface area contributed by atoms with Crippen molar-refractivity contribution in [2.45, 2.75) is 168 Å². The zero-order chi connectivity index (χ0) is 28.8. The monoisotopic (exact) mass is 562 g/mol. The Balaban J connectivity index is 2.15. The summed E-state index contributed by atoms with van der Waals surface area (Å²) in [5, 5.41) is 0.191. The average molecular weight is 563 g/mol. The fraction of sp³-hybridized carbons (Fsp3) is 0.829. The molecule has 0 bridgehead atoms. The lowest BCUT2D eigenvalue weighted by Gasteiger charge is -2.37. The molecule has 4 heteroatoms. The molecule has 0 saturated carbocycles. The predicted molar refractivity (Wildman–Crippen MR) is 173 cm³/mol. The number of unbranched alkanes of at least 4 members (excludes halogenated alkanes) is 15.